The average Bonchev–Trinajstić information content (AvgIpc) is 2.69. The van der Waals surface area contributed by atoms with E-state index < -0.39 is 23.6 Å². The number of aromatic nitrogens is 1. The number of ether oxygens (including phenoxy) is 3. The van der Waals surface area contributed by atoms with Gasteiger partial charge in [0.25, 0.3) is 0 Å². The van der Waals surface area contributed by atoms with E-state index in [2.05, 4.69) is 15.5 Å². The van der Waals surface area contributed by atoms with Gasteiger partial charge in [0, 0.05) is 11.5 Å². The van der Waals surface area contributed by atoms with Crippen LogP contribution in [0.2, 0.25) is 0 Å². The zero-order valence-corrected chi connectivity index (χ0v) is 16.1. The van der Waals surface area contributed by atoms with Gasteiger partial charge in [0.2, 0.25) is 0 Å². The molecule has 0 aliphatic rings. The molecule has 0 bridgehead atoms. The van der Waals surface area contributed by atoms with Crippen LogP contribution < -0.4 is 14.9 Å². The predicted molar refractivity (Wildman–Crippen MR) is 102 cm³/mol. The maximum absolute atomic E-state index is 11.8. The summed E-state index contributed by atoms with van der Waals surface area (Å²) < 4.78 is 15.3. The van der Waals surface area contributed by atoms with Gasteiger partial charge in [-0.25, -0.2) is 19.4 Å². The number of hydrogen-bond acceptors (Lipinski definition) is 9. The lowest BCUT2D eigenvalue weighted by atomic mass is 10.0. The summed E-state index contributed by atoms with van der Waals surface area (Å²) in [4.78, 5) is 38.9. The summed E-state index contributed by atoms with van der Waals surface area (Å²) in [6, 6.07) is 2.32. The molecule has 1 aromatic carbocycles. The summed E-state index contributed by atoms with van der Waals surface area (Å²) in [7, 11) is 2.66. The van der Waals surface area contributed by atoms with Gasteiger partial charge < -0.3 is 24.4 Å². The van der Waals surface area contributed by atoms with Crippen LogP contribution in [0, 0.1) is 0 Å². The van der Waals surface area contributed by atoms with Gasteiger partial charge in [-0.2, -0.15) is 5.10 Å². The highest BCUT2D eigenvalue weighted by atomic mass is 16.5. The lowest BCUT2D eigenvalue weighted by Gasteiger charge is -2.16. The molecule has 11 heteroatoms. The number of methoxy groups -OCH3 is 2. The Balaban J connectivity index is 2.81. The number of hydrogen-bond donors (Lipinski definition) is 3. The first kappa shape index (κ1) is 21.4. The van der Waals surface area contributed by atoms with Gasteiger partial charge in [-0.15, -0.1) is 0 Å². The molecule has 0 aliphatic carbocycles. The summed E-state index contributed by atoms with van der Waals surface area (Å²) in [6.07, 6.45) is 0. The number of rotatable bonds is 8. The fourth-order valence-corrected chi connectivity index (χ4v) is 2.51. The minimum absolute atomic E-state index is 0.0122. The van der Waals surface area contributed by atoms with E-state index in [1.54, 1.807) is 6.92 Å². The van der Waals surface area contributed by atoms with Crippen LogP contribution in [0.25, 0.3) is 10.9 Å². The Morgan fingerprint density at radius 1 is 1.14 bits per heavy atom. The van der Waals surface area contributed by atoms with Gasteiger partial charge in [-0.3, -0.25) is 5.43 Å². The third-order valence-corrected chi connectivity index (χ3v) is 3.79. The van der Waals surface area contributed by atoms with Crippen LogP contribution in [0.4, 0.5) is 5.69 Å². The number of nitrogens with one attached hydrogen (secondary N) is 1. The third-order valence-electron chi connectivity index (χ3n) is 3.79. The molecule has 0 unspecified atom stereocenters. The molecule has 0 spiro atoms. The summed E-state index contributed by atoms with van der Waals surface area (Å²) in [5.41, 5.74) is 1.80. The van der Waals surface area contributed by atoms with Gasteiger partial charge in [-0.05, 0) is 19.9 Å². The highest BCUT2D eigenvalue weighted by Crippen LogP contribution is 2.41. The molecule has 3 N–H and O–H groups in total. The monoisotopic (exact) mass is 405 g/mol. The van der Waals surface area contributed by atoms with Crippen molar-refractivity contribution in [1.82, 2.24) is 4.98 Å². The van der Waals surface area contributed by atoms with Crippen LogP contribution in [0.1, 0.15) is 34.7 Å². The number of carboxylic acid groups (broad SMARTS) is 2. The Kier molecular flexibility index (Phi) is 6.55. The van der Waals surface area contributed by atoms with Crippen molar-refractivity contribution in [3.63, 3.8) is 0 Å². The normalized spacial score (nSPS) is 11.1. The average molecular weight is 405 g/mol. The summed E-state index contributed by atoms with van der Waals surface area (Å²) in [5, 5.41) is 22.8. The molecule has 11 nitrogen and oxygen atoms in total. The van der Waals surface area contributed by atoms with E-state index in [9.17, 15) is 24.6 Å². The maximum Gasteiger partial charge on any atom is 0.354 e. The lowest BCUT2D eigenvalue weighted by Crippen LogP contribution is -2.16. The second-order valence-corrected chi connectivity index (χ2v) is 5.58. The summed E-state index contributed by atoms with van der Waals surface area (Å²) in [6.45, 7) is 3.22. The summed E-state index contributed by atoms with van der Waals surface area (Å²) in [5.74, 6) is -3.26. The Labute approximate surface area is 164 Å². The van der Waals surface area contributed by atoms with Gasteiger partial charge in [0.1, 0.15) is 16.9 Å². The van der Waals surface area contributed by atoms with Crippen molar-refractivity contribution in [3.8, 4) is 11.5 Å². The molecule has 0 saturated heterocycles. The molecule has 1 heterocycles. The standard InChI is InChI=1S/C18H19N3O8/c1-5-29-18(26)8(2)20-21-10-7-12(27-3)15(28-4)14-13(10)9(16(22)23)6-11(19-14)17(24)25/h6-7,21H,5H2,1-4H3,(H,22,23)(H,24,25)/b20-8-. The van der Waals surface area contributed by atoms with Crippen molar-refractivity contribution in [2.24, 2.45) is 5.10 Å². The minimum Gasteiger partial charge on any atom is -0.493 e. The SMILES string of the molecule is CCOC(=O)/C(C)=N\Nc1cc(OC)c(OC)c2nc(C(=O)O)cc(C(=O)O)c12. The first-order valence-electron chi connectivity index (χ1n) is 8.28. The van der Waals surface area contributed by atoms with Crippen LogP contribution >= 0.6 is 0 Å². The van der Waals surface area contributed by atoms with Crippen molar-refractivity contribution in [3.05, 3.63) is 23.4 Å². The van der Waals surface area contributed by atoms with E-state index in [1.807, 2.05) is 0 Å². The number of fused-ring (bicyclic) bond motifs is 1. The number of carboxylic acids is 2. The predicted octanol–water partition coefficient (Wildman–Crippen LogP) is 2.00. The number of hydrazone groups is 1. The Morgan fingerprint density at radius 2 is 1.83 bits per heavy atom. The highest BCUT2D eigenvalue weighted by molar-refractivity contribution is 6.35. The smallest absolute Gasteiger partial charge is 0.354 e. The molecule has 0 aliphatic heterocycles. The molecule has 0 radical (unpaired) electrons. The molecular weight excluding hydrogens is 386 g/mol. The van der Waals surface area contributed by atoms with E-state index in [0.29, 0.717) is 0 Å². The second-order valence-electron chi connectivity index (χ2n) is 5.58. The van der Waals surface area contributed by atoms with Crippen molar-refractivity contribution < 1.29 is 38.8 Å². The Hall–Kier alpha value is -3.89. The number of aromatic carboxylic acids is 2. The number of anilines is 1. The molecule has 154 valence electrons. The Morgan fingerprint density at radius 3 is 2.34 bits per heavy atom. The van der Waals surface area contributed by atoms with Crippen LogP contribution in [-0.4, -0.2) is 59.6 Å². The first-order chi connectivity index (χ1) is 13.7. The fourth-order valence-electron chi connectivity index (χ4n) is 2.51. The third kappa shape index (κ3) is 4.34. The van der Waals surface area contributed by atoms with Crippen molar-refractivity contribution in [2.45, 2.75) is 13.8 Å². The van der Waals surface area contributed by atoms with Crippen LogP contribution in [0.3, 0.4) is 0 Å². The van der Waals surface area contributed by atoms with E-state index in [1.165, 1.54) is 27.2 Å². The van der Waals surface area contributed by atoms with Crippen LogP contribution in [0.5, 0.6) is 11.5 Å². The number of nitrogens with zero attached hydrogens (tertiary/aromatic N) is 2. The second kappa shape index (κ2) is 8.87. The first-order valence-corrected chi connectivity index (χ1v) is 8.28. The molecule has 1 aromatic heterocycles. The molecule has 29 heavy (non-hydrogen) atoms. The number of esters is 1. The van der Waals surface area contributed by atoms with E-state index in [-0.39, 0.29) is 46.0 Å². The molecular formula is C18H19N3O8. The van der Waals surface area contributed by atoms with Gasteiger partial charge in [0.05, 0.1) is 32.1 Å². The van der Waals surface area contributed by atoms with Gasteiger partial charge in [-0.1, -0.05) is 0 Å². The molecule has 2 aromatic rings. The molecule has 0 atom stereocenters. The Bertz CT molecular complexity index is 1020. The molecule has 0 fully saturated rings. The maximum atomic E-state index is 11.8. The number of carbonyl (C=O) groups is 3. The molecule has 0 saturated carbocycles. The number of carbonyl (C=O) groups excluding carboxylic acids is 1. The molecule has 2 rings (SSSR count). The number of benzene rings is 1. The van der Waals surface area contributed by atoms with E-state index in [4.69, 9.17) is 14.2 Å². The van der Waals surface area contributed by atoms with Gasteiger partial charge in [0.15, 0.2) is 11.5 Å². The highest BCUT2D eigenvalue weighted by Gasteiger charge is 2.24. The number of pyridine rings is 1. The minimum atomic E-state index is -1.41. The zero-order chi connectivity index (χ0) is 21.7. The van der Waals surface area contributed by atoms with E-state index >= 15 is 0 Å². The zero-order valence-electron chi connectivity index (χ0n) is 16.1. The fraction of sp³-hybridized carbons (Fsp3) is 0.278. The van der Waals surface area contributed by atoms with Gasteiger partial charge >= 0.3 is 17.9 Å². The van der Waals surface area contributed by atoms with Crippen LogP contribution in [0.15, 0.2) is 17.2 Å². The van der Waals surface area contributed by atoms with E-state index in [0.717, 1.165) is 6.07 Å². The van der Waals surface area contributed by atoms with Crippen LogP contribution in [-0.2, 0) is 9.53 Å². The van der Waals surface area contributed by atoms with Crippen molar-refractivity contribution >= 4 is 40.2 Å². The van der Waals surface area contributed by atoms with Crippen molar-refractivity contribution in [2.75, 3.05) is 26.3 Å². The van der Waals surface area contributed by atoms with Crippen molar-refractivity contribution in [1.29, 1.82) is 0 Å². The topological polar surface area (TPSA) is 157 Å². The quantitative estimate of drug-likeness (QED) is 0.337. The summed E-state index contributed by atoms with van der Waals surface area (Å²) >= 11 is 0. The molecule has 0 amide bonds. The largest absolute Gasteiger partial charge is 0.493 e. The lowest BCUT2D eigenvalue weighted by molar-refractivity contribution is -0.135.